The molecule has 72 valence electrons. The van der Waals surface area contributed by atoms with Crippen molar-refractivity contribution in [2.75, 3.05) is 0 Å². The van der Waals surface area contributed by atoms with Gasteiger partial charge in [0.25, 0.3) is 0 Å². The number of rotatable bonds is 2. The molecule has 0 fully saturated rings. The van der Waals surface area contributed by atoms with Crippen molar-refractivity contribution < 1.29 is 5.21 Å². The smallest absolute Gasteiger partial charge is 0.0359 e. The molecule has 2 nitrogen and oxygen atoms in total. The molecular formula is C11H11NOS. The van der Waals surface area contributed by atoms with Crippen molar-refractivity contribution in [2.24, 2.45) is 0 Å². The molecule has 0 aliphatic rings. The number of hydroxylamine groups is 1. The average molecular weight is 205 g/mol. The Bertz CT molecular complexity index is 440. The van der Waals surface area contributed by atoms with E-state index in [9.17, 15) is 0 Å². The summed E-state index contributed by atoms with van der Waals surface area (Å²) in [5.74, 6) is 0. The molecule has 3 heteroatoms. The predicted molar refractivity (Wildman–Crippen MR) is 60.4 cm³/mol. The quantitative estimate of drug-likeness (QED) is 0.738. The van der Waals surface area contributed by atoms with E-state index in [-0.39, 0.29) is 0 Å². The van der Waals surface area contributed by atoms with Crippen LogP contribution in [-0.2, 0) is 0 Å². The molecule has 1 aromatic heterocycles. The van der Waals surface area contributed by atoms with Crippen LogP contribution in [0.4, 0.5) is 0 Å². The van der Waals surface area contributed by atoms with Crippen molar-refractivity contribution in [3.8, 4) is 0 Å². The Morgan fingerprint density at radius 3 is 2.93 bits per heavy atom. The van der Waals surface area contributed by atoms with Gasteiger partial charge in [0.2, 0.25) is 0 Å². The van der Waals surface area contributed by atoms with E-state index in [1.807, 2.05) is 25.1 Å². The van der Waals surface area contributed by atoms with Crippen LogP contribution in [0.2, 0.25) is 0 Å². The molecule has 0 atom stereocenters. The van der Waals surface area contributed by atoms with E-state index in [1.165, 1.54) is 10.1 Å². The van der Waals surface area contributed by atoms with Crippen LogP contribution < -0.4 is 5.48 Å². The molecular weight excluding hydrogens is 194 g/mol. The number of hydrogen-bond donors (Lipinski definition) is 2. The lowest BCUT2D eigenvalue weighted by molar-refractivity contribution is 0.202. The third-order valence-electron chi connectivity index (χ3n) is 1.98. The van der Waals surface area contributed by atoms with Crippen LogP contribution in [0.3, 0.4) is 0 Å². The monoisotopic (exact) mass is 205 g/mol. The van der Waals surface area contributed by atoms with Crippen LogP contribution in [0.1, 0.15) is 11.8 Å². The van der Waals surface area contributed by atoms with Crippen LogP contribution in [0.15, 0.2) is 36.0 Å². The third kappa shape index (κ3) is 1.78. The lowest BCUT2D eigenvalue weighted by Gasteiger charge is -1.93. The van der Waals surface area contributed by atoms with Gasteiger partial charge in [-0.25, -0.2) is 0 Å². The summed E-state index contributed by atoms with van der Waals surface area (Å²) in [5.41, 5.74) is 2.87. The number of allylic oxidation sites excluding steroid dienone is 1. The van der Waals surface area contributed by atoms with Gasteiger partial charge in [0, 0.05) is 15.3 Å². The van der Waals surface area contributed by atoms with Crippen molar-refractivity contribution in [2.45, 2.75) is 6.92 Å². The fourth-order valence-corrected chi connectivity index (χ4v) is 2.39. The summed E-state index contributed by atoms with van der Waals surface area (Å²) in [5, 5.41) is 9.90. The highest BCUT2D eigenvalue weighted by molar-refractivity contribution is 7.19. The summed E-state index contributed by atoms with van der Waals surface area (Å²) in [6.45, 7) is 1.82. The second-order valence-corrected chi connectivity index (χ2v) is 4.24. The number of fused-ring (bicyclic) bond motifs is 1. The minimum absolute atomic E-state index is 0.747. The topological polar surface area (TPSA) is 32.3 Å². The number of benzene rings is 1. The van der Waals surface area contributed by atoms with E-state index in [0.29, 0.717) is 0 Å². The molecule has 0 saturated carbocycles. The maximum absolute atomic E-state index is 8.66. The molecule has 2 rings (SSSR count). The first-order chi connectivity index (χ1) is 6.79. The maximum Gasteiger partial charge on any atom is 0.0359 e. The SMILES string of the molecule is C/C(=C\c1cc2ccccc2s1)NO. The van der Waals surface area contributed by atoms with Gasteiger partial charge in [0.15, 0.2) is 0 Å². The summed E-state index contributed by atoms with van der Waals surface area (Å²) < 4.78 is 1.27. The average Bonchev–Trinajstić information content (AvgIpc) is 2.59. The highest BCUT2D eigenvalue weighted by Crippen LogP contribution is 2.26. The Labute approximate surface area is 86.5 Å². The first-order valence-corrected chi connectivity index (χ1v) is 5.18. The molecule has 2 aromatic rings. The van der Waals surface area contributed by atoms with Crippen LogP contribution in [0, 0.1) is 0 Å². The van der Waals surface area contributed by atoms with Gasteiger partial charge in [-0.3, -0.25) is 10.7 Å². The van der Waals surface area contributed by atoms with Crippen molar-refractivity contribution in [3.05, 3.63) is 40.9 Å². The molecule has 0 radical (unpaired) electrons. The second kappa shape index (κ2) is 3.82. The third-order valence-corrected chi connectivity index (χ3v) is 3.04. The van der Waals surface area contributed by atoms with Crippen LogP contribution in [-0.4, -0.2) is 5.21 Å². The molecule has 0 amide bonds. The fourth-order valence-electron chi connectivity index (χ4n) is 1.32. The molecule has 0 aliphatic carbocycles. The van der Waals surface area contributed by atoms with Crippen molar-refractivity contribution in [1.82, 2.24) is 5.48 Å². The zero-order valence-corrected chi connectivity index (χ0v) is 8.64. The zero-order chi connectivity index (χ0) is 9.97. The van der Waals surface area contributed by atoms with Gasteiger partial charge in [-0.2, -0.15) is 0 Å². The lowest BCUT2D eigenvalue weighted by Crippen LogP contribution is -2.01. The summed E-state index contributed by atoms with van der Waals surface area (Å²) >= 11 is 1.71. The second-order valence-electron chi connectivity index (χ2n) is 3.13. The molecule has 14 heavy (non-hydrogen) atoms. The normalized spacial score (nSPS) is 12.0. The van der Waals surface area contributed by atoms with Gasteiger partial charge in [0.1, 0.15) is 0 Å². The summed E-state index contributed by atoms with van der Waals surface area (Å²) in [6, 6.07) is 10.4. The molecule has 1 heterocycles. The van der Waals surface area contributed by atoms with E-state index >= 15 is 0 Å². The van der Waals surface area contributed by atoms with E-state index in [0.717, 1.165) is 10.6 Å². The summed E-state index contributed by atoms with van der Waals surface area (Å²) in [6.07, 6.45) is 1.92. The highest BCUT2D eigenvalue weighted by Gasteiger charge is 1.98. The molecule has 0 bridgehead atoms. The Balaban J connectivity index is 2.45. The van der Waals surface area contributed by atoms with E-state index in [4.69, 9.17) is 5.21 Å². The number of thiophene rings is 1. The van der Waals surface area contributed by atoms with Crippen molar-refractivity contribution >= 4 is 27.5 Å². The number of nitrogens with one attached hydrogen (secondary N) is 1. The minimum Gasteiger partial charge on any atom is -0.291 e. The largest absolute Gasteiger partial charge is 0.291 e. The van der Waals surface area contributed by atoms with Crippen LogP contribution in [0.5, 0.6) is 0 Å². The predicted octanol–water partition coefficient (Wildman–Crippen LogP) is 3.24. The molecule has 1 aromatic carbocycles. The molecule has 0 spiro atoms. The van der Waals surface area contributed by atoms with E-state index < -0.39 is 0 Å². The Morgan fingerprint density at radius 2 is 2.21 bits per heavy atom. The molecule has 0 unspecified atom stereocenters. The van der Waals surface area contributed by atoms with E-state index in [1.54, 1.807) is 11.3 Å². The molecule has 2 N–H and O–H groups in total. The Morgan fingerprint density at radius 1 is 1.43 bits per heavy atom. The Hall–Kier alpha value is -1.32. The standard InChI is InChI=1S/C11H11NOS/c1-8(12-13)6-10-7-9-4-2-3-5-11(9)14-10/h2-7,12-13H,1H3/b8-6+. The lowest BCUT2D eigenvalue weighted by atomic mass is 10.2. The van der Waals surface area contributed by atoms with Gasteiger partial charge in [0.05, 0.1) is 0 Å². The van der Waals surface area contributed by atoms with Crippen molar-refractivity contribution in [1.29, 1.82) is 0 Å². The zero-order valence-electron chi connectivity index (χ0n) is 7.82. The first kappa shape index (κ1) is 9.24. The maximum atomic E-state index is 8.66. The molecule has 0 aliphatic heterocycles. The first-order valence-electron chi connectivity index (χ1n) is 4.36. The minimum atomic E-state index is 0.747. The van der Waals surface area contributed by atoms with Gasteiger partial charge >= 0.3 is 0 Å². The fraction of sp³-hybridized carbons (Fsp3) is 0.0909. The van der Waals surface area contributed by atoms with Gasteiger partial charge in [-0.15, -0.1) is 11.3 Å². The van der Waals surface area contributed by atoms with Gasteiger partial charge < -0.3 is 0 Å². The highest BCUT2D eigenvalue weighted by atomic mass is 32.1. The summed E-state index contributed by atoms with van der Waals surface area (Å²) in [4.78, 5) is 1.14. The summed E-state index contributed by atoms with van der Waals surface area (Å²) in [7, 11) is 0. The van der Waals surface area contributed by atoms with Crippen LogP contribution in [0.25, 0.3) is 16.2 Å². The Kier molecular flexibility index (Phi) is 2.52. The van der Waals surface area contributed by atoms with Crippen molar-refractivity contribution in [3.63, 3.8) is 0 Å². The van der Waals surface area contributed by atoms with Gasteiger partial charge in [-0.05, 0) is 30.5 Å². The number of hydrogen-bond acceptors (Lipinski definition) is 3. The van der Waals surface area contributed by atoms with Gasteiger partial charge in [-0.1, -0.05) is 18.2 Å². The molecule has 0 saturated heterocycles. The van der Waals surface area contributed by atoms with Crippen LogP contribution >= 0.6 is 11.3 Å². The van der Waals surface area contributed by atoms with E-state index in [2.05, 4.69) is 23.7 Å².